The Balaban J connectivity index is 2.88. The first kappa shape index (κ1) is 10.0. The molecule has 0 aliphatic rings. The van der Waals surface area contributed by atoms with Crippen LogP contribution >= 0.6 is 0 Å². The average Bonchev–Trinajstić information content (AvgIpc) is 2.16. The molecule has 0 heterocycles. The van der Waals surface area contributed by atoms with Gasteiger partial charge in [-0.2, -0.15) is 0 Å². The van der Waals surface area contributed by atoms with Crippen LogP contribution in [0.15, 0.2) is 29.4 Å². The zero-order valence-corrected chi connectivity index (χ0v) is 7.21. The zero-order chi connectivity index (χ0) is 10.6. The SMILES string of the molecule is O=C(O)/C(Cc1ccccc1O)=N\O. The van der Waals surface area contributed by atoms with Crippen molar-refractivity contribution in [3.63, 3.8) is 0 Å². The molecule has 0 atom stereocenters. The Labute approximate surface area is 79.9 Å². The molecule has 0 fully saturated rings. The number of rotatable bonds is 3. The minimum absolute atomic E-state index is 0.0186. The molecule has 0 amide bonds. The quantitative estimate of drug-likeness (QED) is 0.379. The highest BCUT2D eigenvalue weighted by molar-refractivity contribution is 6.35. The van der Waals surface area contributed by atoms with E-state index in [1.165, 1.54) is 6.07 Å². The molecular formula is C9H9NO4. The third-order valence-electron chi connectivity index (χ3n) is 1.72. The van der Waals surface area contributed by atoms with E-state index in [0.717, 1.165) is 0 Å². The van der Waals surface area contributed by atoms with Crippen molar-refractivity contribution in [1.82, 2.24) is 0 Å². The average molecular weight is 195 g/mol. The molecule has 0 aromatic heterocycles. The van der Waals surface area contributed by atoms with Crippen molar-refractivity contribution in [3.05, 3.63) is 29.8 Å². The lowest BCUT2D eigenvalue weighted by molar-refractivity contribution is -0.129. The fourth-order valence-electron chi connectivity index (χ4n) is 0.994. The molecule has 74 valence electrons. The van der Waals surface area contributed by atoms with Crippen LogP contribution in [0.3, 0.4) is 0 Å². The first-order chi connectivity index (χ1) is 6.65. The van der Waals surface area contributed by atoms with E-state index in [1.54, 1.807) is 18.2 Å². The van der Waals surface area contributed by atoms with Crippen LogP contribution in [0.5, 0.6) is 5.75 Å². The summed E-state index contributed by atoms with van der Waals surface area (Å²) in [7, 11) is 0. The van der Waals surface area contributed by atoms with Crippen LogP contribution in [-0.2, 0) is 11.2 Å². The Morgan fingerprint density at radius 1 is 1.36 bits per heavy atom. The van der Waals surface area contributed by atoms with Gasteiger partial charge in [-0.05, 0) is 6.07 Å². The number of nitrogens with zero attached hydrogens (tertiary/aromatic N) is 1. The van der Waals surface area contributed by atoms with Gasteiger partial charge >= 0.3 is 5.97 Å². The number of benzene rings is 1. The minimum Gasteiger partial charge on any atom is -0.508 e. The number of carboxylic acids is 1. The molecule has 1 aromatic rings. The first-order valence-corrected chi connectivity index (χ1v) is 3.86. The second kappa shape index (κ2) is 4.27. The van der Waals surface area contributed by atoms with Crippen LogP contribution in [0, 0.1) is 0 Å². The number of aliphatic carboxylic acids is 1. The van der Waals surface area contributed by atoms with E-state index < -0.39 is 11.7 Å². The maximum absolute atomic E-state index is 10.5. The lowest BCUT2D eigenvalue weighted by Gasteiger charge is -2.02. The van der Waals surface area contributed by atoms with Gasteiger partial charge in [-0.25, -0.2) is 4.79 Å². The summed E-state index contributed by atoms with van der Waals surface area (Å²) in [6, 6.07) is 6.27. The molecule has 0 unspecified atom stereocenters. The molecule has 1 aromatic carbocycles. The summed E-state index contributed by atoms with van der Waals surface area (Å²) < 4.78 is 0. The normalized spacial score (nSPS) is 11.3. The number of hydrogen-bond acceptors (Lipinski definition) is 4. The Morgan fingerprint density at radius 2 is 2.00 bits per heavy atom. The molecule has 0 bridgehead atoms. The zero-order valence-electron chi connectivity index (χ0n) is 7.21. The lowest BCUT2D eigenvalue weighted by Crippen LogP contribution is -2.15. The van der Waals surface area contributed by atoms with Crippen LogP contribution in [0.1, 0.15) is 5.56 Å². The van der Waals surface area contributed by atoms with E-state index in [1.807, 2.05) is 0 Å². The highest BCUT2D eigenvalue weighted by Crippen LogP contribution is 2.16. The molecule has 0 aliphatic heterocycles. The summed E-state index contributed by atoms with van der Waals surface area (Å²) in [4.78, 5) is 10.5. The number of para-hydroxylation sites is 1. The molecule has 5 heteroatoms. The number of phenols is 1. The van der Waals surface area contributed by atoms with E-state index in [0.29, 0.717) is 5.56 Å². The van der Waals surface area contributed by atoms with E-state index >= 15 is 0 Å². The van der Waals surface area contributed by atoms with Gasteiger partial charge in [0.05, 0.1) is 0 Å². The second-order valence-corrected chi connectivity index (χ2v) is 2.66. The molecular weight excluding hydrogens is 186 g/mol. The van der Waals surface area contributed by atoms with E-state index in [4.69, 9.17) is 10.3 Å². The minimum atomic E-state index is -1.31. The number of carboxylic acid groups (broad SMARTS) is 1. The molecule has 14 heavy (non-hydrogen) atoms. The van der Waals surface area contributed by atoms with Gasteiger partial charge in [-0.15, -0.1) is 0 Å². The molecule has 3 N–H and O–H groups in total. The van der Waals surface area contributed by atoms with Crippen LogP contribution in [0.4, 0.5) is 0 Å². The third-order valence-corrected chi connectivity index (χ3v) is 1.72. The molecule has 0 saturated heterocycles. The number of oxime groups is 1. The Hall–Kier alpha value is -2.04. The molecule has 0 aliphatic carbocycles. The van der Waals surface area contributed by atoms with Crippen LogP contribution < -0.4 is 0 Å². The molecule has 0 saturated carbocycles. The Morgan fingerprint density at radius 3 is 2.50 bits per heavy atom. The molecule has 1 rings (SSSR count). The first-order valence-electron chi connectivity index (χ1n) is 3.86. The fourth-order valence-corrected chi connectivity index (χ4v) is 0.994. The summed E-state index contributed by atoms with van der Waals surface area (Å²) in [6.45, 7) is 0. The Kier molecular flexibility index (Phi) is 3.06. The van der Waals surface area contributed by atoms with E-state index in [9.17, 15) is 9.90 Å². The van der Waals surface area contributed by atoms with Crippen molar-refractivity contribution in [2.75, 3.05) is 0 Å². The smallest absolute Gasteiger partial charge is 0.354 e. The van der Waals surface area contributed by atoms with Gasteiger partial charge in [0.25, 0.3) is 0 Å². The van der Waals surface area contributed by atoms with Gasteiger partial charge in [-0.1, -0.05) is 23.4 Å². The third kappa shape index (κ3) is 2.22. The van der Waals surface area contributed by atoms with Gasteiger partial charge in [0.2, 0.25) is 0 Å². The summed E-state index contributed by atoms with van der Waals surface area (Å²) in [5.41, 5.74) is -0.00537. The predicted octanol–water partition coefficient (Wildman–Crippen LogP) is 0.849. The highest BCUT2D eigenvalue weighted by Gasteiger charge is 2.12. The largest absolute Gasteiger partial charge is 0.508 e. The molecule has 5 nitrogen and oxygen atoms in total. The van der Waals surface area contributed by atoms with E-state index in [2.05, 4.69) is 5.16 Å². The van der Waals surface area contributed by atoms with Gasteiger partial charge in [0.15, 0.2) is 5.71 Å². The van der Waals surface area contributed by atoms with Crippen molar-refractivity contribution in [3.8, 4) is 5.75 Å². The number of hydrogen-bond donors (Lipinski definition) is 3. The second-order valence-electron chi connectivity index (χ2n) is 2.66. The van der Waals surface area contributed by atoms with Crippen LogP contribution in [0.25, 0.3) is 0 Å². The van der Waals surface area contributed by atoms with Crippen molar-refractivity contribution >= 4 is 11.7 Å². The summed E-state index contributed by atoms with van der Waals surface area (Å²) in [5.74, 6) is -1.33. The van der Waals surface area contributed by atoms with Crippen molar-refractivity contribution in [1.29, 1.82) is 0 Å². The summed E-state index contributed by atoms with van der Waals surface area (Å²) >= 11 is 0. The van der Waals surface area contributed by atoms with E-state index in [-0.39, 0.29) is 12.2 Å². The highest BCUT2D eigenvalue weighted by atomic mass is 16.4. The topological polar surface area (TPSA) is 90.1 Å². The maximum Gasteiger partial charge on any atom is 0.354 e. The van der Waals surface area contributed by atoms with Gasteiger partial charge in [0, 0.05) is 12.0 Å². The fraction of sp³-hybridized carbons (Fsp3) is 0.111. The Bertz CT molecular complexity index is 373. The standard InChI is InChI=1S/C9H9NO4/c11-8-4-2-1-3-6(8)5-7(10-14)9(12)13/h1-4,11,14H,5H2,(H,12,13)/b10-7-. The van der Waals surface area contributed by atoms with Crippen molar-refractivity contribution in [2.45, 2.75) is 6.42 Å². The number of phenolic OH excluding ortho intramolecular Hbond substituents is 1. The van der Waals surface area contributed by atoms with Crippen molar-refractivity contribution < 1.29 is 20.2 Å². The summed E-state index contributed by atoms with van der Waals surface area (Å²) in [5, 5.41) is 28.9. The van der Waals surface area contributed by atoms with Crippen LogP contribution in [-0.4, -0.2) is 27.1 Å². The van der Waals surface area contributed by atoms with Gasteiger partial charge < -0.3 is 15.4 Å². The van der Waals surface area contributed by atoms with Crippen molar-refractivity contribution in [2.24, 2.45) is 5.16 Å². The molecule has 0 spiro atoms. The number of aromatic hydroxyl groups is 1. The lowest BCUT2D eigenvalue weighted by atomic mass is 10.1. The van der Waals surface area contributed by atoms with Crippen LogP contribution in [0.2, 0.25) is 0 Å². The molecule has 0 radical (unpaired) electrons. The monoisotopic (exact) mass is 195 g/mol. The predicted molar refractivity (Wildman–Crippen MR) is 48.7 cm³/mol. The van der Waals surface area contributed by atoms with Gasteiger partial charge in [0.1, 0.15) is 5.75 Å². The maximum atomic E-state index is 10.5. The van der Waals surface area contributed by atoms with Gasteiger partial charge in [-0.3, -0.25) is 0 Å². The number of carbonyl (C=O) groups is 1. The summed E-state index contributed by atoms with van der Waals surface area (Å²) in [6.07, 6.45) is -0.113.